The van der Waals surface area contributed by atoms with Crippen molar-refractivity contribution in [3.8, 4) is 0 Å². The van der Waals surface area contributed by atoms with Crippen molar-refractivity contribution in [2.45, 2.75) is 6.23 Å². The topological polar surface area (TPSA) is 76.9 Å². The standard InChI is InChI=1S/C16H14ClN3O3/c1-19-12-4-2-3-11(17)13(12)15(22)14(16(19)23)20(9-21)10-5-7-18-8-6-10/h2-9,16,22-23H,1H3. The zero-order chi connectivity index (χ0) is 16.6. The van der Waals surface area contributed by atoms with Crippen molar-refractivity contribution >= 4 is 35.1 Å². The molecule has 1 unspecified atom stereocenters. The minimum atomic E-state index is -1.21. The van der Waals surface area contributed by atoms with Gasteiger partial charge in [0.15, 0.2) is 12.0 Å². The zero-order valence-corrected chi connectivity index (χ0v) is 13.0. The number of carbonyl (C=O) groups excluding carboxylic acids is 1. The highest BCUT2D eigenvalue weighted by Gasteiger charge is 2.35. The fourth-order valence-corrected chi connectivity index (χ4v) is 2.87. The number of hydrogen-bond acceptors (Lipinski definition) is 5. The van der Waals surface area contributed by atoms with Gasteiger partial charge in [-0.25, -0.2) is 0 Å². The number of fused-ring (bicyclic) bond motifs is 1. The number of halogens is 1. The number of pyridine rings is 1. The van der Waals surface area contributed by atoms with E-state index in [4.69, 9.17) is 11.6 Å². The summed E-state index contributed by atoms with van der Waals surface area (Å²) in [5.41, 5.74) is 1.46. The Kier molecular flexibility index (Phi) is 3.94. The lowest BCUT2D eigenvalue weighted by atomic mass is 10.0. The second-order valence-electron chi connectivity index (χ2n) is 5.03. The summed E-state index contributed by atoms with van der Waals surface area (Å²) < 4.78 is 0. The van der Waals surface area contributed by atoms with Gasteiger partial charge in [-0.3, -0.25) is 14.7 Å². The number of nitrogens with zero attached hydrogens (tertiary/aromatic N) is 3. The number of benzene rings is 1. The van der Waals surface area contributed by atoms with Gasteiger partial charge >= 0.3 is 0 Å². The Hall–Kier alpha value is -2.57. The molecule has 118 valence electrons. The van der Waals surface area contributed by atoms with Gasteiger partial charge in [0, 0.05) is 19.4 Å². The number of aromatic nitrogens is 1. The van der Waals surface area contributed by atoms with E-state index in [1.165, 1.54) is 22.2 Å². The number of carbonyl (C=O) groups is 1. The van der Waals surface area contributed by atoms with E-state index in [-0.39, 0.29) is 11.5 Å². The van der Waals surface area contributed by atoms with Crippen molar-refractivity contribution in [1.29, 1.82) is 0 Å². The number of aliphatic hydroxyl groups excluding tert-OH is 2. The van der Waals surface area contributed by atoms with Crippen LogP contribution in [-0.4, -0.2) is 34.9 Å². The first-order chi connectivity index (χ1) is 11.1. The summed E-state index contributed by atoms with van der Waals surface area (Å²) in [6, 6.07) is 8.29. The van der Waals surface area contributed by atoms with Crippen molar-refractivity contribution in [3.63, 3.8) is 0 Å². The van der Waals surface area contributed by atoms with Crippen LogP contribution in [0.4, 0.5) is 11.4 Å². The largest absolute Gasteiger partial charge is 0.505 e. The Bertz CT molecular complexity index is 779. The lowest BCUT2D eigenvalue weighted by Gasteiger charge is -2.37. The summed E-state index contributed by atoms with van der Waals surface area (Å²) in [5, 5.41) is 21.5. The first kappa shape index (κ1) is 15.3. The Morgan fingerprint density at radius 2 is 2.00 bits per heavy atom. The molecule has 0 saturated carbocycles. The van der Waals surface area contributed by atoms with E-state index in [0.717, 1.165) is 0 Å². The van der Waals surface area contributed by atoms with Crippen LogP contribution in [-0.2, 0) is 4.79 Å². The summed E-state index contributed by atoms with van der Waals surface area (Å²) in [4.78, 5) is 18.2. The third kappa shape index (κ3) is 2.42. The third-order valence-corrected chi connectivity index (χ3v) is 4.08. The summed E-state index contributed by atoms with van der Waals surface area (Å²) in [5.74, 6) is -0.236. The van der Waals surface area contributed by atoms with Crippen LogP contribution in [0.1, 0.15) is 5.56 Å². The molecular weight excluding hydrogens is 318 g/mol. The Morgan fingerprint density at radius 3 is 2.65 bits per heavy atom. The maximum Gasteiger partial charge on any atom is 0.218 e. The van der Waals surface area contributed by atoms with E-state index in [0.29, 0.717) is 28.4 Å². The Balaban J connectivity index is 2.22. The molecule has 23 heavy (non-hydrogen) atoms. The maximum atomic E-state index is 11.6. The molecule has 2 N–H and O–H groups in total. The van der Waals surface area contributed by atoms with Gasteiger partial charge in [0.05, 0.1) is 22.0 Å². The van der Waals surface area contributed by atoms with E-state index >= 15 is 0 Å². The maximum absolute atomic E-state index is 11.6. The molecule has 6 nitrogen and oxygen atoms in total. The molecule has 0 bridgehead atoms. The number of likely N-dealkylation sites (N-methyl/N-ethyl adjacent to an activating group) is 1. The van der Waals surface area contributed by atoms with Gasteiger partial charge in [0.1, 0.15) is 5.70 Å². The summed E-state index contributed by atoms with van der Waals surface area (Å²) in [7, 11) is 1.65. The molecule has 0 aliphatic carbocycles. The molecule has 1 aliphatic rings. The molecule has 0 fully saturated rings. The molecule has 0 spiro atoms. The lowest BCUT2D eigenvalue weighted by Crippen LogP contribution is -2.43. The molecule has 1 aliphatic heterocycles. The van der Waals surface area contributed by atoms with Gasteiger partial charge in [-0.2, -0.15) is 0 Å². The Morgan fingerprint density at radius 1 is 1.30 bits per heavy atom. The van der Waals surface area contributed by atoms with Crippen molar-refractivity contribution in [3.05, 3.63) is 59.0 Å². The SMILES string of the molecule is CN1c2cccc(Cl)c2C(O)=C(N(C=O)c2ccncc2)C1O. The monoisotopic (exact) mass is 331 g/mol. The second kappa shape index (κ2) is 5.91. The average Bonchev–Trinajstić information content (AvgIpc) is 2.57. The highest BCUT2D eigenvalue weighted by molar-refractivity contribution is 6.33. The number of rotatable bonds is 3. The average molecular weight is 332 g/mol. The zero-order valence-electron chi connectivity index (χ0n) is 12.2. The van der Waals surface area contributed by atoms with Gasteiger partial charge in [0.25, 0.3) is 0 Å². The van der Waals surface area contributed by atoms with Crippen LogP contribution < -0.4 is 9.80 Å². The highest BCUT2D eigenvalue weighted by atomic mass is 35.5. The highest BCUT2D eigenvalue weighted by Crippen LogP contribution is 2.41. The smallest absolute Gasteiger partial charge is 0.218 e. The summed E-state index contributed by atoms with van der Waals surface area (Å²) in [6.07, 6.45) is 2.35. The predicted molar refractivity (Wildman–Crippen MR) is 88.2 cm³/mol. The molecule has 1 atom stereocenters. The van der Waals surface area contributed by atoms with Crippen molar-refractivity contribution in [2.24, 2.45) is 0 Å². The van der Waals surface area contributed by atoms with Crippen LogP contribution >= 0.6 is 11.6 Å². The van der Waals surface area contributed by atoms with E-state index in [9.17, 15) is 15.0 Å². The van der Waals surface area contributed by atoms with E-state index in [1.807, 2.05) is 0 Å². The van der Waals surface area contributed by atoms with E-state index in [2.05, 4.69) is 4.98 Å². The van der Waals surface area contributed by atoms with Crippen LogP contribution in [0.3, 0.4) is 0 Å². The third-order valence-electron chi connectivity index (χ3n) is 3.77. The van der Waals surface area contributed by atoms with Crippen molar-refractivity contribution in [1.82, 2.24) is 4.98 Å². The quantitative estimate of drug-likeness (QED) is 0.844. The normalized spacial score (nSPS) is 17.0. The van der Waals surface area contributed by atoms with Gasteiger partial charge in [-0.15, -0.1) is 0 Å². The predicted octanol–water partition coefficient (Wildman–Crippen LogP) is 2.39. The van der Waals surface area contributed by atoms with E-state index < -0.39 is 6.23 Å². The summed E-state index contributed by atoms with van der Waals surface area (Å²) in [6.45, 7) is 0. The fraction of sp³-hybridized carbons (Fsp3) is 0.125. The van der Waals surface area contributed by atoms with Crippen LogP contribution in [0.5, 0.6) is 0 Å². The van der Waals surface area contributed by atoms with Crippen LogP contribution in [0.2, 0.25) is 5.02 Å². The van der Waals surface area contributed by atoms with Gasteiger partial charge in [0.2, 0.25) is 6.41 Å². The number of hydrogen-bond donors (Lipinski definition) is 2. The van der Waals surface area contributed by atoms with Crippen LogP contribution in [0.15, 0.2) is 48.4 Å². The minimum Gasteiger partial charge on any atom is -0.505 e. The fourth-order valence-electron chi connectivity index (χ4n) is 2.61. The number of anilines is 2. The lowest BCUT2D eigenvalue weighted by molar-refractivity contribution is -0.107. The molecule has 2 heterocycles. The van der Waals surface area contributed by atoms with Crippen LogP contribution in [0.25, 0.3) is 5.76 Å². The van der Waals surface area contributed by atoms with Gasteiger partial charge < -0.3 is 15.1 Å². The van der Waals surface area contributed by atoms with Crippen molar-refractivity contribution < 1.29 is 15.0 Å². The Labute approximate surface area is 137 Å². The molecule has 3 rings (SSSR count). The molecule has 0 saturated heterocycles. The molecule has 7 heteroatoms. The number of aliphatic hydroxyl groups is 2. The summed E-state index contributed by atoms with van der Waals surface area (Å²) >= 11 is 6.19. The number of amides is 1. The molecule has 0 radical (unpaired) electrons. The molecule has 2 aromatic rings. The molecule has 1 amide bonds. The second-order valence-corrected chi connectivity index (χ2v) is 5.44. The van der Waals surface area contributed by atoms with Crippen molar-refractivity contribution in [2.75, 3.05) is 16.8 Å². The van der Waals surface area contributed by atoms with Crippen LogP contribution in [0, 0.1) is 0 Å². The van der Waals surface area contributed by atoms with E-state index in [1.54, 1.807) is 37.4 Å². The van der Waals surface area contributed by atoms with Gasteiger partial charge in [-0.05, 0) is 24.3 Å². The first-order valence-corrected chi connectivity index (χ1v) is 7.21. The minimum absolute atomic E-state index is 0.0364. The molecule has 1 aromatic carbocycles. The molecule has 1 aromatic heterocycles. The first-order valence-electron chi connectivity index (χ1n) is 6.83. The molecular formula is C16H14ClN3O3. The van der Waals surface area contributed by atoms with Gasteiger partial charge in [-0.1, -0.05) is 17.7 Å².